The van der Waals surface area contributed by atoms with Crippen LogP contribution in [0.3, 0.4) is 0 Å². The quantitative estimate of drug-likeness (QED) is 0.591. The van der Waals surface area contributed by atoms with Gasteiger partial charge in [0.05, 0.1) is 6.61 Å². The predicted octanol–water partition coefficient (Wildman–Crippen LogP) is 2.07. The zero-order valence-corrected chi connectivity index (χ0v) is 10.6. The van der Waals surface area contributed by atoms with Gasteiger partial charge in [0, 0.05) is 11.6 Å². The van der Waals surface area contributed by atoms with Crippen molar-refractivity contribution in [3.05, 3.63) is 41.7 Å². The van der Waals surface area contributed by atoms with Gasteiger partial charge in [-0.1, -0.05) is 18.2 Å². The fraction of sp³-hybridized carbons (Fsp3) is 0.167. The van der Waals surface area contributed by atoms with E-state index in [0.717, 1.165) is 6.07 Å². The second-order valence-corrected chi connectivity index (χ2v) is 3.93. The van der Waals surface area contributed by atoms with Crippen LogP contribution in [-0.4, -0.2) is 15.1 Å². The van der Waals surface area contributed by atoms with Crippen molar-refractivity contribution in [3.8, 4) is 11.6 Å². The average molecular weight is 300 g/mol. The number of hydrazine groups is 1. The molecule has 2 rings (SSSR count). The number of nitrogens with zero attached hydrogens (tertiary/aromatic N) is 2. The molecule has 4 N–H and O–H groups in total. The molecule has 0 spiro atoms. The van der Waals surface area contributed by atoms with Gasteiger partial charge in [0.15, 0.2) is 0 Å². The molecule has 0 aliphatic rings. The minimum absolute atomic E-state index is 0.190. The summed E-state index contributed by atoms with van der Waals surface area (Å²) in [7, 11) is 0. The lowest BCUT2D eigenvalue weighted by Gasteiger charge is -2.12. The standard InChI is InChI=1S/C12H11F3N4O2/c13-12(14,15)11-17-9(19-16)5-10(18-11)21-8-4-2-1-3-7(8)6-20/h1-5,20H,6,16H2,(H,17,18,19). The molecule has 0 fully saturated rings. The molecule has 112 valence electrons. The van der Waals surface area contributed by atoms with Crippen molar-refractivity contribution in [2.75, 3.05) is 5.43 Å². The summed E-state index contributed by atoms with van der Waals surface area (Å²) in [6.45, 7) is -0.324. The topological polar surface area (TPSA) is 93.3 Å². The third-order valence-corrected chi connectivity index (χ3v) is 2.46. The number of nitrogen functional groups attached to an aromatic ring is 1. The van der Waals surface area contributed by atoms with Crippen molar-refractivity contribution in [1.82, 2.24) is 9.97 Å². The van der Waals surface area contributed by atoms with Crippen molar-refractivity contribution in [2.45, 2.75) is 12.8 Å². The van der Waals surface area contributed by atoms with Gasteiger partial charge in [0.1, 0.15) is 11.6 Å². The molecule has 9 heteroatoms. The smallest absolute Gasteiger partial charge is 0.438 e. The molecular formula is C12H11F3N4O2. The van der Waals surface area contributed by atoms with E-state index in [1.807, 2.05) is 5.43 Å². The molecule has 21 heavy (non-hydrogen) atoms. The zero-order valence-electron chi connectivity index (χ0n) is 10.6. The second kappa shape index (κ2) is 5.94. The number of alkyl halides is 3. The average Bonchev–Trinajstić information content (AvgIpc) is 2.46. The number of rotatable bonds is 4. The SMILES string of the molecule is NNc1cc(Oc2ccccc2CO)nc(C(F)(F)F)n1. The second-order valence-electron chi connectivity index (χ2n) is 3.93. The maximum absolute atomic E-state index is 12.7. The Bertz CT molecular complexity index is 634. The van der Waals surface area contributed by atoms with Crippen molar-refractivity contribution in [2.24, 2.45) is 5.84 Å². The van der Waals surface area contributed by atoms with Crippen LogP contribution in [0.4, 0.5) is 19.0 Å². The van der Waals surface area contributed by atoms with E-state index >= 15 is 0 Å². The van der Waals surface area contributed by atoms with Crippen LogP contribution in [0, 0.1) is 0 Å². The number of nitrogens with two attached hydrogens (primary N) is 1. The maximum Gasteiger partial charge on any atom is 0.451 e. The Kier molecular flexibility index (Phi) is 4.24. The van der Waals surface area contributed by atoms with E-state index in [9.17, 15) is 13.2 Å². The van der Waals surface area contributed by atoms with Crippen molar-refractivity contribution >= 4 is 5.82 Å². The molecule has 0 aliphatic heterocycles. The Balaban J connectivity index is 2.39. The summed E-state index contributed by atoms with van der Waals surface area (Å²) in [6.07, 6.45) is -4.73. The van der Waals surface area contributed by atoms with Gasteiger partial charge in [-0.3, -0.25) is 0 Å². The minimum Gasteiger partial charge on any atom is -0.438 e. The Hall–Kier alpha value is -2.39. The summed E-state index contributed by atoms with van der Waals surface area (Å²) in [5, 5.41) is 9.16. The molecule has 0 atom stereocenters. The summed E-state index contributed by atoms with van der Waals surface area (Å²) in [4.78, 5) is 6.49. The van der Waals surface area contributed by atoms with Gasteiger partial charge >= 0.3 is 6.18 Å². The van der Waals surface area contributed by atoms with Crippen LogP contribution in [0.1, 0.15) is 11.4 Å². The van der Waals surface area contributed by atoms with Gasteiger partial charge in [0.2, 0.25) is 11.7 Å². The zero-order chi connectivity index (χ0) is 15.5. The molecule has 0 unspecified atom stereocenters. The largest absolute Gasteiger partial charge is 0.451 e. The normalized spacial score (nSPS) is 11.3. The highest BCUT2D eigenvalue weighted by Gasteiger charge is 2.35. The van der Waals surface area contributed by atoms with Crippen molar-refractivity contribution in [1.29, 1.82) is 0 Å². The lowest BCUT2D eigenvalue weighted by molar-refractivity contribution is -0.145. The number of para-hydroxylation sites is 1. The molecule has 0 saturated heterocycles. The first kappa shape index (κ1) is 15.0. The third-order valence-electron chi connectivity index (χ3n) is 2.46. The molecule has 0 bridgehead atoms. The number of aromatic nitrogens is 2. The Morgan fingerprint density at radius 2 is 1.95 bits per heavy atom. The Morgan fingerprint density at radius 1 is 1.24 bits per heavy atom. The minimum atomic E-state index is -4.73. The number of aliphatic hydroxyl groups is 1. The number of aliphatic hydroxyl groups excluding tert-OH is 1. The van der Waals surface area contributed by atoms with Crippen LogP contribution >= 0.6 is 0 Å². The summed E-state index contributed by atoms with van der Waals surface area (Å²) in [6, 6.07) is 7.46. The first-order chi connectivity index (χ1) is 9.94. The molecule has 6 nitrogen and oxygen atoms in total. The molecule has 0 amide bonds. The number of benzene rings is 1. The molecule has 0 radical (unpaired) electrons. The number of halogens is 3. The van der Waals surface area contributed by atoms with E-state index in [4.69, 9.17) is 15.7 Å². The fourth-order valence-electron chi connectivity index (χ4n) is 1.52. The highest BCUT2D eigenvalue weighted by atomic mass is 19.4. The fourth-order valence-corrected chi connectivity index (χ4v) is 1.52. The molecule has 1 heterocycles. The molecule has 0 aliphatic carbocycles. The number of anilines is 1. The lowest BCUT2D eigenvalue weighted by atomic mass is 10.2. The summed E-state index contributed by atoms with van der Waals surface area (Å²) < 4.78 is 43.3. The third kappa shape index (κ3) is 3.58. The van der Waals surface area contributed by atoms with Crippen LogP contribution in [0.5, 0.6) is 11.6 Å². The van der Waals surface area contributed by atoms with Gasteiger partial charge < -0.3 is 15.3 Å². The number of hydrogen-bond acceptors (Lipinski definition) is 6. The lowest BCUT2D eigenvalue weighted by Crippen LogP contribution is -2.16. The Morgan fingerprint density at radius 3 is 2.57 bits per heavy atom. The van der Waals surface area contributed by atoms with Crippen LogP contribution in [-0.2, 0) is 12.8 Å². The van der Waals surface area contributed by atoms with E-state index in [2.05, 4.69) is 9.97 Å². The van der Waals surface area contributed by atoms with Gasteiger partial charge in [-0.05, 0) is 6.07 Å². The predicted molar refractivity (Wildman–Crippen MR) is 67.3 cm³/mol. The molecule has 0 saturated carbocycles. The highest BCUT2D eigenvalue weighted by Crippen LogP contribution is 2.31. The van der Waals surface area contributed by atoms with Crippen LogP contribution in [0.15, 0.2) is 30.3 Å². The van der Waals surface area contributed by atoms with E-state index in [1.165, 1.54) is 6.07 Å². The van der Waals surface area contributed by atoms with E-state index in [1.54, 1.807) is 18.2 Å². The maximum atomic E-state index is 12.7. The van der Waals surface area contributed by atoms with E-state index < -0.39 is 12.0 Å². The monoisotopic (exact) mass is 300 g/mol. The van der Waals surface area contributed by atoms with Gasteiger partial charge in [-0.25, -0.2) is 10.8 Å². The highest BCUT2D eigenvalue weighted by molar-refractivity contribution is 5.41. The molecule has 1 aromatic heterocycles. The Labute approximate surface area is 117 Å². The van der Waals surface area contributed by atoms with Crippen molar-refractivity contribution < 1.29 is 23.0 Å². The number of hydrogen-bond donors (Lipinski definition) is 3. The first-order valence-electron chi connectivity index (χ1n) is 5.73. The molecule has 1 aromatic carbocycles. The molecule has 2 aromatic rings. The van der Waals surface area contributed by atoms with Crippen LogP contribution in [0.25, 0.3) is 0 Å². The van der Waals surface area contributed by atoms with Gasteiger partial charge in [-0.15, -0.1) is 0 Å². The van der Waals surface area contributed by atoms with Crippen molar-refractivity contribution in [3.63, 3.8) is 0 Å². The number of ether oxygens (including phenoxy) is 1. The van der Waals surface area contributed by atoms with Crippen LogP contribution in [0.2, 0.25) is 0 Å². The summed E-state index contributed by atoms with van der Waals surface area (Å²) in [5.74, 6) is 3.30. The van der Waals surface area contributed by atoms with E-state index in [0.29, 0.717) is 5.56 Å². The molecular weight excluding hydrogens is 289 g/mol. The summed E-state index contributed by atoms with van der Waals surface area (Å²) >= 11 is 0. The van der Waals surface area contributed by atoms with Gasteiger partial charge in [-0.2, -0.15) is 18.2 Å². The first-order valence-corrected chi connectivity index (χ1v) is 5.73. The number of nitrogens with one attached hydrogen (secondary N) is 1. The van der Waals surface area contributed by atoms with Crippen LogP contribution < -0.4 is 16.0 Å². The summed E-state index contributed by atoms with van der Waals surface area (Å²) in [5.41, 5.74) is 2.42. The van der Waals surface area contributed by atoms with Gasteiger partial charge in [0.25, 0.3) is 0 Å². The van der Waals surface area contributed by atoms with E-state index in [-0.39, 0.29) is 24.1 Å².